The molecule has 0 bridgehead atoms. The quantitative estimate of drug-likeness (QED) is 0.338. The molecule has 0 aromatic rings. The molecule has 1 fully saturated rings. The van der Waals surface area contributed by atoms with Gasteiger partial charge in [-0.15, -0.1) is 0 Å². The van der Waals surface area contributed by atoms with Crippen LogP contribution in [0.2, 0.25) is 0 Å². The lowest BCUT2D eigenvalue weighted by Gasteiger charge is -2.28. The Balaban J connectivity index is 2.04. The highest BCUT2D eigenvalue weighted by molar-refractivity contribution is 5.72. The minimum atomic E-state index is -0.294. The van der Waals surface area contributed by atoms with E-state index < -0.39 is 0 Å². The summed E-state index contributed by atoms with van der Waals surface area (Å²) in [6.07, 6.45) is 3.53. The van der Waals surface area contributed by atoms with Gasteiger partial charge < -0.3 is 10.2 Å². The van der Waals surface area contributed by atoms with E-state index in [-0.39, 0.29) is 6.03 Å². The standard InChI is InChI=1S/C9H20N4O/c1-13-6-3-8(4-7-13)2-5-11-9(14)12-10/h8H,2-7,10H2,1H3,(H2,11,12,14). The number of piperidine rings is 1. The van der Waals surface area contributed by atoms with Gasteiger partial charge in [0.15, 0.2) is 0 Å². The highest BCUT2D eigenvalue weighted by atomic mass is 16.2. The largest absolute Gasteiger partial charge is 0.337 e. The highest BCUT2D eigenvalue weighted by Crippen LogP contribution is 2.18. The Bertz CT molecular complexity index is 178. The Labute approximate surface area is 85.0 Å². The molecule has 0 saturated carbocycles. The van der Waals surface area contributed by atoms with Crippen molar-refractivity contribution in [2.24, 2.45) is 11.8 Å². The molecular formula is C9H20N4O. The predicted molar refractivity (Wildman–Crippen MR) is 55.6 cm³/mol. The van der Waals surface area contributed by atoms with Gasteiger partial charge in [-0.3, -0.25) is 5.43 Å². The minimum Gasteiger partial charge on any atom is -0.337 e. The van der Waals surface area contributed by atoms with Crippen LogP contribution >= 0.6 is 0 Å². The zero-order valence-corrected chi connectivity index (χ0v) is 8.75. The number of nitrogens with zero attached hydrogens (tertiary/aromatic N) is 1. The first-order valence-electron chi connectivity index (χ1n) is 5.15. The number of hydrogen-bond acceptors (Lipinski definition) is 3. The number of rotatable bonds is 3. The maximum Gasteiger partial charge on any atom is 0.328 e. The summed E-state index contributed by atoms with van der Waals surface area (Å²) in [5, 5.41) is 2.70. The maximum absolute atomic E-state index is 10.8. The minimum absolute atomic E-state index is 0.294. The molecule has 5 nitrogen and oxygen atoms in total. The molecule has 0 aliphatic carbocycles. The molecule has 0 spiro atoms. The Hall–Kier alpha value is -0.810. The van der Waals surface area contributed by atoms with Gasteiger partial charge >= 0.3 is 6.03 Å². The van der Waals surface area contributed by atoms with Gasteiger partial charge in [-0.2, -0.15) is 0 Å². The topological polar surface area (TPSA) is 70.4 Å². The Morgan fingerprint density at radius 2 is 2.14 bits per heavy atom. The summed E-state index contributed by atoms with van der Waals surface area (Å²) >= 11 is 0. The summed E-state index contributed by atoms with van der Waals surface area (Å²) in [7, 11) is 2.15. The van der Waals surface area contributed by atoms with Crippen LogP contribution in [0.15, 0.2) is 0 Å². The zero-order chi connectivity index (χ0) is 10.4. The third kappa shape index (κ3) is 3.93. The molecule has 5 heteroatoms. The second kappa shape index (κ2) is 5.82. The molecule has 1 aliphatic rings. The van der Waals surface area contributed by atoms with Crippen LogP contribution < -0.4 is 16.6 Å². The van der Waals surface area contributed by atoms with Crippen molar-refractivity contribution in [1.29, 1.82) is 0 Å². The molecule has 1 saturated heterocycles. The average molecular weight is 200 g/mol. The first-order chi connectivity index (χ1) is 6.72. The SMILES string of the molecule is CN1CCC(CCNC(=O)NN)CC1. The lowest BCUT2D eigenvalue weighted by Crippen LogP contribution is -2.41. The number of carbonyl (C=O) groups is 1. The molecule has 1 rings (SSSR count). The lowest BCUT2D eigenvalue weighted by atomic mass is 9.94. The summed E-state index contributed by atoms with van der Waals surface area (Å²) < 4.78 is 0. The number of nitrogens with two attached hydrogens (primary N) is 1. The molecule has 0 aromatic carbocycles. The third-order valence-electron chi connectivity index (χ3n) is 2.81. The summed E-state index contributed by atoms with van der Waals surface area (Å²) in [5.41, 5.74) is 2.05. The van der Waals surface area contributed by atoms with E-state index >= 15 is 0 Å². The van der Waals surface area contributed by atoms with Crippen molar-refractivity contribution in [3.63, 3.8) is 0 Å². The smallest absolute Gasteiger partial charge is 0.328 e. The van der Waals surface area contributed by atoms with Gasteiger partial charge in [0.2, 0.25) is 0 Å². The average Bonchev–Trinajstić information content (AvgIpc) is 2.21. The zero-order valence-electron chi connectivity index (χ0n) is 8.75. The van der Waals surface area contributed by atoms with Crippen molar-refractivity contribution in [2.75, 3.05) is 26.7 Å². The Morgan fingerprint density at radius 3 is 2.71 bits per heavy atom. The normalized spacial score (nSPS) is 19.3. The van der Waals surface area contributed by atoms with E-state index in [1.54, 1.807) is 0 Å². The van der Waals surface area contributed by atoms with E-state index in [0.717, 1.165) is 18.9 Å². The van der Waals surface area contributed by atoms with Crippen LogP contribution in [0.4, 0.5) is 4.79 Å². The molecule has 1 heterocycles. The predicted octanol–water partition coefficient (Wildman–Crippen LogP) is -0.109. The summed E-state index contributed by atoms with van der Waals surface area (Å²) in [5.74, 6) is 5.69. The van der Waals surface area contributed by atoms with Crippen molar-refractivity contribution in [3.05, 3.63) is 0 Å². The lowest BCUT2D eigenvalue weighted by molar-refractivity contribution is 0.209. The first kappa shape index (κ1) is 11.3. The Morgan fingerprint density at radius 1 is 1.50 bits per heavy atom. The number of amides is 2. The van der Waals surface area contributed by atoms with Crippen molar-refractivity contribution in [3.8, 4) is 0 Å². The number of urea groups is 1. The fourth-order valence-electron chi connectivity index (χ4n) is 1.79. The van der Waals surface area contributed by atoms with Gasteiger partial charge in [-0.05, 0) is 45.3 Å². The molecule has 2 amide bonds. The van der Waals surface area contributed by atoms with Crippen LogP contribution in [0, 0.1) is 5.92 Å². The van der Waals surface area contributed by atoms with E-state index in [1.165, 1.54) is 25.9 Å². The van der Waals surface area contributed by atoms with Crippen LogP contribution in [-0.2, 0) is 0 Å². The van der Waals surface area contributed by atoms with Crippen molar-refractivity contribution < 1.29 is 4.79 Å². The number of hydrazine groups is 1. The van der Waals surface area contributed by atoms with Crippen molar-refractivity contribution >= 4 is 6.03 Å². The second-order valence-electron chi connectivity index (χ2n) is 3.94. The maximum atomic E-state index is 10.8. The first-order valence-corrected chi connectivity index (χ1v) is 5.15. The fraction of sp³-hybridized carbons (Fsp3) is 0.889. The van der Waals surface area contributed by atoms with Gasteiger partial charge in [0.05, 0.1) is 0 Å². The highest BCUT2D eigenvalue weighted by Gasteiger charge is 2.15. The van der Waals surface area contributed by atoms with E-state index in [4.69, 9.17) is 5.84 Å². The van der Waals surface area contributed by atoms with Crippen LogP contribution in [0.25, 0.3) is 0 Å². The molecular weight excluding hydrogens is 180 g/mol. The van der Waals surface area contributed by atoms with Crippen molar-refractivity contribution in [1.82, 2.24) is 15.6 Å². The molecule has 0 radical (unpaired) electrons. The summed E-state index contributed by atoms with van der Waals surface area (Å²) in [6.45, 7) is 3.07. The molecule has 82 valence electrons. The van der Waals surface area contributed by atoms with Crippen molar-refractivity contribution in [2.45, 2.75) is 19.3 Å². The van der Waals surface area contributed by atoms with E-state index in [2.05, 4.69) is 22.7 Å². The number of carbonyl (C=O) groups excluding carboxylic acids is 1. The molecule has 1 aliphatic heterocycles. The van der Waals surface area contributed by atoms with E-state index in [1.807, 2.05) is 0 Å². The molecule has 0 unspecified atom stereocenters. The van der Waals surface area contributed by atoms with Gasteiger partial charge in [0.1, 0.15) is 0 Å². The monoisotopic (exact) mass is 200 g/mol. The molecule has 0 atom stereocenters. The van der Waals surface area contributed by atoms with Crippen LogP contribution in [-0.4, -0.2) is 37.6 Å². The van der Waals surface area contributed by atoms with Crippen LogP contribution in [0.3, 0.4) is 0 Å². The Kier molecular flexibility index (Phi) is 4.69. The summed E-state index contributed by atoms with van der Waals surface area (Å²) in [6, 6.07) is -0.294. The number of hydrogen-bond donors (Lipinski definition) is 3. The number of likely N-dealkylation sites (tertiary alicyclic amines) is 1. The van der Waals surface area contributed by atoms with Crippen LogP contribution in [0.1, 0.15) is 19.3 Å². The van der Waals surface area contributed by atoms with E-state index in [9.17, 15) is 4.79 Å². The fourth-order valence-corrected chi connectivity index (χ4v) is 1.79. The second-order valence-corrected chi connectivity index (χ2v) is 3.94. The van der Waals surface area contributed by atoms with Gasteiger partial charge in [-0.25, -0.2) is 10.6 Å². The van der Waals surface area contributed by atoms with Gasteiger partial charge in [0.25, 0.3) is 0 Å². The molecule has 14 heavy (non-hydrogen) atoms. The summed E-state index contributed by atoms with van der Waals surface area (Å²) in [4.78, 5) is 13.1. The van der Waals surface area contributed by atoms with Gasteiger partial charge in [0, 0.05) is 6.54 Å². The molecule has 0 aromatic heterocycles. The van der Waals surface area contributed by atoms with E-state index in [0.29, 0.717) is 0 Å². The number of nitrogens with one attached hydrogen (secondary N) is 2. The third-order valence-corrected chi connectivity index (χ3v) is 2.81. The van der Waals surface area contributed by atoms with Crippen LogP contribution in [0.5, 0.6) is 0 Å². The molecule has 4 N–H and O–H groups in total. The van der Waals surface area contributed by atoms with Gasteiger partial charge in [-0.1, -0.05) is 0 Å².